The molecule has 0 aliphatic rings. The zero-order chi connectivity index (χ0) is 12.4. The van der Waals surface area contributed by atoms with E-state index in [4.69, 9.17) is 9.47 Å². The minimum atomic E-state index is -0.318. The summed E-state index contributed by atoms with van der Waals surface area (Å²) in [5.74, 6) is -0.151. The van der Waals surface area contributed by atoms with Crippen molar-refractivity contribution in [2.24, 2.45) is 0 Å². The Bertz CT molecular complexity index is 180. The molecule has 16 heavy (non-hydrogen) atoms. The molecule has 0 saturated carbocycles. The van der Waals surface area contributed by atoms with Crippen LogP contribution in [-0.4, -0.2) is 37.0 Å². The van der Waals surface area contributed by atoms with Crippen LogP contribution in [0.15, 0.2) is 0 Å². The molecule has 0 unspecified atom stereocenters. The van der Waals surface area contributed by atoms with Gasteiger partial charge in [0.05, 0.1) is 12.2 Å². The minimum absolute atomic E-state index is 0.0419. The summed E-state index contributed by atoms with van der Waals surface area (Å²) in [5, 5.41) is 9.49. The van der Waals surface area contributed by atoms with Gasteiger partial charge in [0.15, 0.2) is 0 Å². The SMILES string of the molecule is COCC[C@H](O)CCCCC(=O)OC(C)C. The first kappa shape index (κ1) is 15.4. The van der Waals surface area contributed by atoms with E-state index in [0.717, 1.165) is 19.3 Å². The highest BCUT2D eigenvalue weighted by Crippen LogP contribution is 2.07. The fourth-order valence-corrected chi connectivity index (χ4v) is 1.37. The molecule has 96 valence electrons. The predicted octanol–water partition coefficient (Wildman–Crippen LogP) is 1.90. The predicted molar refractivity (Wildman–Crippen MR) is 62.2 cm³/mol. The minimum Gasteiger partial charge on any atom is -0.463 e. The average Bonchev–Trinajstić information content (AvgIpc) is 2.20. The maximum atomic E-state index is 11.2. The monoisotopic (exact) mass is 232 g/mol. The van der Waals surface area contributed by atoms with Crippen LogP contribution in [0.25, 0.3) is 0 Å². The summed E-state index contributed by atoms with van der Waals surface area (Å²) in [6.45, 7) is 4.26. The first-order valence-electron chi connectivity index (χ1n) is 5.92. The summed E-state index contributed by atoms with van der Waals surface area (Å²) in [4.78, 5) is 11.2. The summed E-state index contributed by atoms with van der Waals surface area (Å²) in [6.07, 6.45) is 3.08. The van der Waals surface area contributed by atoms with E-state index in [2.05, 4.69) is 0 Å². The van der Waals surface area contributed by atoms with Gasteiger partial charge in [0.2, 0.25) is 0 Å². The third-order valence-electron chi connectivity index (χ3n) is 2.19. The maximum absolute atomic E-state index is 11.2. The molecule has 0 rings (SSSR count). The number of aliphatic hydroxyl groups excluding tert-OH is 1. The van der Waals surface area contributed by atoms with E-state index in [9.17, 15) is 9.90 Å². The van der Waals surface area contributed by atoms with Gasteiger partial charge < -0.3 is 14.6 Å². The molecule has 1 atom stereocenters. The van der Waals surface area contributed by atoms with Gasteiger partial charge >= 0.3 is 5.97 Å². The Labute approximate surface area is 97.9 Å². The van der Waals surface area contributed by atoms with Gasteiger partial charge in [-0.25, -0.2) is 0 Å². The number of hydrogen-bond donors (Lipinski definition) is 1. The van der Waals surface area contributed by atoms with E-state index in [0.29, 0.717) is 19.4 Å². The lowest BCUT2D eigenvalue weighted by Crippen LogP contribution is -2.12. The number of carbonyl (C=O) groups excluding carboxylic acids is 1. The van der Waals surface area contributed by atoms with Crippen molar-refractivity contribution in [2.45, 2.75) is 58.2 Å². The van der Waals surface area contributed by atoms with Crippen molar-refractivity contribution in [3.8, 4) is 0 Å². The van der Waals surface area contributed by atoms with Crippen LogP contribution in [0.4, 0.5) is 0 Å². The number of aliphatic hydroxyl groups is 1. The van der Waals surface area contributed by atoms with E-state index in [1.54, 1.807) is 7.11 Å². The van der Waals surface area contributed by atoms with Crippen LogP contribution in [0, 0.1) is 0 Å². The second-order valence-electron chi connectivity index (χ2n) is 4.22. The molecular formula is C12H24O4. The normalized spacial score (nSPS) is 12.8. The number of carbonyl (C=O) groups is 1. The van der Waals surface area contributed by atoms with Gasteiger partial charge in [0.1, 0.15) is 0 Å². The van der Waals surface area contributed by atoms with E-state index >= 15 is 0 Å². The first-order valence-corrected chi connectivity index (χ1v) is 5.92. The Morgan fingerprint density at radius 3 is 2.50 bits per heavy atom. The van der Waals surface area contributed by atoms with E-state index < -0.39 is 0 Å². The van der Waals surface area contributed by atoms with Crippen molar-refractivity contribution >= 4 is 5.97 Å². The fourth-order valence-electron chi connectivity index (χ4n) is 1.37. The Morgan fingerprint density at radius 1 is 1.25 bits per heavy atom. The third-order valence-corrected chi connectivity index (χ3v) is 2.19. The van der Waals surface area contributed by atoms with Crippen LogP contribution < -0.4 is 0 Å². The topological polar surface area (TPSA) is 55.8 Å². The molecule has 0 aromatic heterocycles. The molecule has 0 heterocycles. The lowest BCUT2D eigenvalue weighted by molar-refractivity contribution is -0.147. The van der Waals surface area contributed by atoms with Crippen LogP contribution in [0.5, 0.6) is 0 Å². The molecule has 0 bridgehead atoms. The molecule has 0 aromatic rings. The second-order valence-corrected chi connectivity index (χ2v) is 4.22. The highest BCUT2D eigenvalue weighted by Gasteiger charge is 2.07. The average molecular weight is 232 g/mol. The molecule has 0 radical (unpaired) electrons. The Kier molecular flexibility index (Phi) is 9.24. The van der Waals surface area contributed by atoms with Crippen LogP contribution in [-0.2, 0) is 14.3 Å². The Morgan fingerprint density at radius 2 is 1.94 bits per heavy atom. The molecule has 0 spiro atoms. The van der Waals surface area contributed by atoms with Gasteiger partial charge in [-0.1, -0.05) is 6.42 Å². The highest BCUT2D eigenvalue weighted by atomic mass is 16.5. The first-order chi connectivity index (χ1) is 7.56. The zero-order valence-corrected chi connectivity index (χ0v) is 10.6. The molecule has 0 saturated heterocycles. The number of esters is 1. The van der Waals surface area contributed by atoms with Crippen molar-refractivity contribution in [3.05, 3.63) is 0 Å². The number of methoxy groups -OCH3 is 1. The molecule has 0 aromatic carbocycles. The van der Waals surface area contributed by atoms with Crippen molar-refractivity contribution in [3.63, 3.8) is 0 Å². The van der Waals surface area contributed by atoms with Gasteiger partial charge in [-0.05, 0) is 33.1 Å². The summed E-state index contributed by atoms with van der Waals surface area (Å²) >= 11 is 0. The van der Waals surface area contributed by atoms with Crippen LogP contribution in [0.2, 0.25) is 0 Å². The smallest absolute Gasteiger partial charge is 0.306 e. The summed E-state index contributed by atoms with van der Waals surface area (Å²) in [5.41, 5.74) is 0. The van der Waals surface area contributed by atoms with Gasteiger partial charge in [0, 0.05) is 20.1 Å². The lowest BCUT2D eigenvalue weighted by Gasteiger charge is -2.10. The second kappa shape index (κ2) is 9.60. The standard InChI is InChI=1S/C12H24O4/c1-10(2)16-12(14)7-5-4-6-11(13)8-9-15-3/h10-11,13H,4-9H2,1-3H3/t11-/m1/s1. The van der Waals surface area contributed by atoms with Crippen molar-refractivity contribution in [1.29, 1.82) is 0 Å². The van der Waals surface area contributed by atoms with E-state index in [-0.39, 0.29) is 18.2 Å². The molecule has 0 amide bonds. The largest absolute Gasteiger partial charge is 0.463 e. The number of ether oxygens (including phenoxy) is 2. The number of unbranched alkanes of at least 4 members (excludes halogenated alkanes) is 1. The third kappa shape index (κ3) is 9.93. The lowest BCUT2D eigenvalue weighted by atomic mass is 10.1. The molecule has 0 aliphatic heterocycles. The Hall–Kier alpha value is -0.610. The van der Waals surface area contributed by atoms with Crippen molar-refractivity contribution < 1.29 is 19.4 Å². The summed E-state index contributed by atoms with van der Waals surface area (Å²) in [7, 11) is 1.62. The molecular weight excluding hydrogens is 208 g/mol. The summed E-state index contributed by atoms with van der Waals surface area (Å²) < 4.78 is 9.87. The van der Waals surface area contributed by atoms with Gasteiger partial charge in [-0.2, -0.15) is 0 Å². The van der Waals surface area contributed by atoms with E-state index in [1.807, 2.05) is 13.8 Å². The molecule has 4 nitrogen and oxygen atoms in total. The number of rotatable bonds is 9. The Balaban J connectivity index is 3.35. The molecule has 0 aliphatic carbocycles. The van der Waals surface area contributed by atoms with E-state index in [1.165, 1.54) is 0 Å². The molecule has 4 heteroatoms. The van der Waals surface area contributed by atoms with Gasteiger partial charge in [0.25, 0.3) is 0 Å². The van der Waals surface area contributed by atoms with Crippen LogP contribution in [0.3, 0.4) is 0 Å². The van der Waals surface area contributed by atoms with Crippen molar-refractivity contribution in [2.75, 3.05) is 13.7 Å². The molecule has 0 fully saturated rings. The molecule has 1 N–H and O–H groups in total. The summed E-state index contributed by atoms with van der Waals surface area (Å²) in [6, 6.07) is 0. The maximum Gasteiger partial charge on any atom is 0.306 e. The number of hydrogen-bond acceptors (Lipinski definition) is 4. The fraction of sp³-hybridized carbons (Fsp3) is 0.917. The van der Waals surface area contributed by atoms with Gasteiger partial charge in [-0.15, -0.1) is 0 Å². The van der Waals surface area contributed by atoms with Crippen molar-refractivity contribution in [1.82, 2.24) is 0 Å². The quantitative estimate of drug-likeness (QED) is 0.487. The van der Waals surface area contributed by atoms with Crippen LogP contribution in [0.1, 0.15) is 46.0 Å². The van der Waals surface area contributed by atoms with Gasteiger partial charge in [-0.3, -0.25) is 4.79 Å². The van der Waals surface area contributed by atoms with Crippen LogP contribution >= 0.6 is 0 Å². The highest BCUT2D eigenvalue weighted by molar-refractivity contribution is 5.69. The zero-order valence-electron chi connectivity index (χ0n) is 10.6.